The summed E-state index contributed by atoms with van der Waals surface area (Å²) in [5, 5.41) is 11.2. The molecule has 2 heterocycles. The number of fused-ring (bicyclic) bond motifs is 1. The van der Waals surface area contributed by atoms with Crippen molar-refractivity contribution in [2.24, 2.45) is 0 Å². The summed E-state index contributed by atoms with van der Waals surface area (Å²) in [6, 6.07) is 14.2. The number of aromatic nitrogens is 1. The normalized spacial score (nSPS) is 14.4. The summed E-state index contributed by atoms with van der Waals surface area (Å²) in [6.07, 6.45) is 3.74. The standard InChI is InChI=1S/C21H19N3O3/c25-20(15-5-7-16(8-6-15)21(26)27)24-11-9-23(10-12-24)19-14-22-13-17-3-1-2-4-18(17)19/h1-8,13-14H,9-12H2,(H,26,27). The number of pyridine rings is 1. The third kappa shape index (κ3) is 3.33. The molecule has 0 bridgehead atoms. The molecule has 1 aromatic heterocycles. The van der Waals surface area contributed by atoms with Crippen LogP contribution in [0.1, 0.15) is 20.7 Å². The lowest BCUT2D eigenvalue weighted by Gasteiger charge is -2.36. The van der Waals surface area contributed by atoms with E-state index in [1.807, 2.05) is 35.5 Å². The zero-order chi connectivity index (χ0) is 18.8. The van der Waals surface area contributed by atoms with Gasteiger partial charge in [0.2, 0.25) is 0 Å². The van der Waals surface area contributed by atoms with Crippen molar-refractivity contribution < 1.29 is 14.7 Å². The predicted molar refractivity (Wildman–Crippen MR) is 103 cm³/mol. The number of nitrogens with zero attached hydrogens (tertiary/aromatic N) is 3. The first-order valence-corrected chi connectivity index (χ1v) is 8.84. The molecule has 1 aliphatic heterocycles. The molecule has 0 unspecified atom stereocenters. The van der Waals surface area contributed by atoms with E-state index in [9.17, 15) is 9.59 Å². The third-order valence-corrected chi connectivity index (χ3v) is 4.93. The fourth-order valence-corrected chi connectivity index (χ4v) is 3.44. The molecule has 136 valence electrons. The molecule has 1 N–H and O–H groups in total. The molecule has 0 saturated carbocycles. The van der Waals surface area contributed by atoms with Crippen molar-refractivity contribution in [3.8, 4) is 0 Å². The van der Waals surface area contributed by atoms with Crippen molar-refractivity contribution in [1.29, 1.82) is 0 Å². The summed E-state index contributed by atoms with van der Waals surface area (Å²) in [5.41, 5.74) is 1.78. The van der Waals surface area contributed by atoms with Gasteiger partial charge in [0.25, 0.3) is 5.91 Å². The highest BCUT2D eigenvalue weighted by Crippen LogP contribution is 2.26. The van der Waals surface area contributed by atoms with Gasteiger partial charge in [0.15, 0.2) is 0 Å². The smallest absolute Gasteiger partial charge is 0.335 e. The van der Waals surface area contributed by atoms with Gasteiger partial charge in [-0.3, -0.25) is 9.78 Å². The van der Waals surface area contributed by atoms with E-state index in [4.69, 9.17) is 5.11 Å². The second-order valence-electron chi connectivity index (χ2n) is 6.54. The first-order chi connectivity index (χ1) is 13.1. The van der Waals surface area contributed by atoms with E-state index >= 15 is 0 Å². The minimum Gasteiger partial charge on any atom is -0.478 e. The molecule has 6 nitrogen and oxygen atoms in total. The number of amides is 1. The summed E-state index contributed by atoms with van der Waals surface area (Å²) in [5.74, 6) is -1.06. The van der Waals surface area contributed by atoms with Gasteiger partial charge >= 0.3 is 5.97 Å². The van der Waals surface area contributed by atoms with E-state index in [0.717, 1.165) is 29.5 Å². The van der Waals surface area contributed by atoms with E-state index in [1.165, 1.54) is 12.1 Å². The number of piperazine rings is 1. The number of hydrogen-bond donors (Lipinski definition) is 1. The van der Waals surface area contributed by atoms with E-state index < -0.39 is 5.97 Å². The van der Waals surface area contributed by atoms with Crippen LogP contribution in [0.2, 0.25) is 0 Å². The summed E-state index contributed by atoms with van der Waals surface area (Å²) in [6.45, 7) is 2.69. The lowest BCUT2D eigenvalue weighted by atomic mass is 10.1. The van der Waals surface area contributed by atoms with Crippen LogP contribution in [-0.2, 0) is 0 Å². The van der Waals surface area contributed by atoms with Gasteiger partial charge in [-0.2, -0.15) is 0 Å². The number of aromatic carboxylic acids is 1. The van der Waals surface area contributed by atoms with Crippen LogP contribution in [0.25, 0.3) is 10.8 Å². The zero-order valence-electron chi connectivity index (χ0n) is 14.7. The van der Waals surface area contributed by atoms with Gasteiger partial charge in [0, 0.05) is 48.7 Å². The highest BCUT2D eigenvalue weighted by atomic mass is 16.4. The van der Waals surface area contributed by atoms with Crippen LogP contribution in [0.15, 0.2) is 60.9 Å². The number of carboxylic acid groups (broad SMARTS) is 1. The monoisotopic (exact) mass is 361 g/mol. The molecule has 0 atom stereocenters. The zero-order valence-corrected chi connectivity index (χ0v) is 14.7. The Morgan fingerprint density at radius 1 is 0.852 bits per heavy atom. The molecule has 4 rings (SSSR count). The highest BCUT2D eigenvalue weighted by Gasteiger charge is 2.23. The third-order valence-electron chi connectivity index (χ3n) is 4.93. The number of carbonyl (C=O) groups excluding carboxylic acids is 1. The van der Waals surface area contributed by atoms with Crippen LogP contribution in [0.3, 0.4) is 0 Å². The average molecular weight is 361 g/mol. The molecular formula is C21H19N3O3. The highest BCUT2D eigenvalue weighted by molar-refractivity contribution is 5.96. The summed E-state index contributed by atoms with van der Waals surface area (Å²) in [4.78, 5) is 32.0. The molecule has 0 spiro atoms. The van der Waals surface area contributed by atoms with E-state index in [0.29, 0.717) is 18.7 Å². The molecule has 1 fully saturated rings. The maximum atomic E-state index is 12.7. The van der Waals surface area contributed by atoms with Crippen LogP contribution in [0.4, 0.5) is 5.69 Å². The fourth-order valence-electron chi connectivity index (χ4n) is 3.44. The largest absolute Gasteiger partial charge is 0.478 e. The Labute approximate surface area is 156 Å². The maximum Gasteiger partial charge on any atom is 0.335 e. The predicted octanol–water partition coefficient (Wildman–Crippen LogP) is 2.90. The van der Waals surface area contributed by atoms with Gasteiger partial charge in [0.1, 0.15) is 0 Å². The van der Waals surface area contributed by atoms with E-state index in [-0.39, 0.29) is 11.5 Å². The van der Waals surface area contributed by atoms with Crippen molar-refractivity contribution >= 4 is 28.3 Å². The molecule has 0 radical (unpaired) electrons. The topological polar surface area (TPSA) is 73.7 Å². The minimum atomic E-state index is -0.994. The fraction of sp³-hybridized carbons (Fsp3) is 0.190. The lowest BCUT2D eigenvalue weighted by Crippen LogP contribution is -2.48. The molecule has 1 amide bonds. The first-order valence-electron chi connectivity index (χ1n) is 8.84. The van der Waals surface area contributed by atoms with Crippen molar-refractivity contribution in [1.82, 2.24) is 9.88 Å². The Morgan fingerprint density at radius 3 is 2.22 bits per heavy atom. The molecule has 1 saturated heterocycles. The first kappa shape index (κ1) is 17.0. The number of anilines is 1. The number of rotatable bonds is 3. The number of carboxylic acids is 1. The Kier molecular flexibility index (Phi) is 4.46. The van der Waals surface area contributed by atoms with Crippen LogP contribution in [-0.4, -0.2) is 53.0 Å². The Morgan fingerprint density at radius 2 is 1.52 bits per heavy atom. The number of hydrogen-bond acceptors (Lipinski definition) is 4. The second kappa shape index (κ2) is 7.07. The molecular weight excluding hydrogens is 342 g/mol. The average Bonchev–Trinajstić information content (AvgIpc) is 2.73. The lowest BCUT2D eigenvalue weighted by molar-refractivity contribution is 0.0693. The SMILES string of the molecule is O=C(O)c1ccc(C(=O)N2CCN(c3cncc4ccccc34)CC2)cc1. The Hall–Kier alpha value is -3.41. The Bertz CT molecular complexity index is 988. The Balaban J connectivity index is 1.47. The van der Waals surface area contributed by atoms with Crippen LogP contribution < -0.4 is 4.90 Å². The van der Waals surface area contributed by atoms with E-state index in [1.54, 1.807) is 12.1 Å². The maximum absolute atomic E-state index is 12.7. The molecule has 3 aromatic rings. The van der Waals surface area contributed by atoms with Crippen LogP contribution in [0, 0.1) is 0 Å². The van der Waals surface area contributed by atoms with Gasteiger partial charge in [-0.15, -0.1) is 0 Å². The molecule has 27 heavy (non-hydrogen) atoms. The van der Waals surface area contributed by atoms with E-state index in [2.05, 4.69) is 16.0 Å². The quantitative estimate of drug-likeness (QED) is 0.776. The second-order valence-corrected chi connectivity index (χ2v) is 6.54. The van der Waals surface area contributed by atoms with Crippen molar-refractivity contribution in [3.05, 3.63) is 72.1 Å². The molecule has 6 heteroatoms. The summed E-state index contributed by atoms with van der Waals surface area (Å²) < 4.78 is 0. The van der Waals surface area contributed by atoms with Gasteiger partial charge in [0.05, 0.1) is 17.4 Å². The van der Waals surface area contributed by atoms with Gasteiger partial charge in [-0.25, -0.2) is 4.79 Å². The van der Waals surface area contributed by atoms with Crippen LogP contribution >= 0.6 is 0 Å². The van der Waals surface area contributed by atoms with Crippen molar-refractivity contribution in [2.45, 2.75) is 0 Å². The van der Waals surface area contributed by atoms with Crippen molar-refractivity contribution in [3.63, 3.8) is 0 Å². The molecule has 1 aliphatic rings. The number of carbonyl (C=O) groups is 2. The molecule has 0 aliphatic carbocycles. The number of benzene rings is 2. The van der Waals surface area contributed by atoms with Gasteiger partial charge < -0.3 is 14.9 Å². The van der Waals surface area contributed by atoms with Gasteiger partial charge in [-0.1, -0.05) is 24.3 Å². The molecule has 2 aromatic carbocycles. The summed E-state index contributed by atoms with van der Waals surface area (Å²) in [7, 11) is 0. The van der Waals surface area contributed by atoms with Gasteiger partial charge in [-0.05, 0) is 24.3 Å². The van der Waals surface area contributed by atoms with Crippen LogP contribution in [0.5, 0.6) is 0 Å². The summed E-state index contributed by atoms with van der Waals surface area (Å²) >= 11 is 0. The minimum absolute atomic E-state index is 0.0670. The van der Waals surface area contributed by atoms with Crippen molar-refractivity contribution in [2.75, 3.05) is 31.1 Å².